The zero-order valence-electron chi connectivity index (χ0n) is 12.0. The monoisotopic (exact) mass is 361 g/mol. The van der Waals surface area contributed by atoms with E-state index in [1.165, 1.54) is 0 Å². The molecule has 0 atom stereocenters. The standard InChI is InChI=1S/C15H11F4NO3S/c16-8-3-9(17)5-10(4-8)23-13-1-2-14(24(20,21)22)12-7-15(18,19)6-11(12)13/h1-5H,6-7H2,(H2,20,21,22). The number of hydrogen-bond donors (Lipinski definition) is 1. The van der Waals surface area contributed by atoms with Crippen LogP contribution in [0.2, 0.25) is 0 Å². The highest BCUT2D eigenvalue weighted by molar-refractivity contribution is 7.89. The molecule has 0 spiro atoms. The molecule has 1 aliphatic carbocycles. The molecule has 1 aliphatic rings. The molecular weight excluding hydrogens is 350 g/mol. The molecule has 24 heavy (non-hydrogen) atoms. The Labute approximate surface area is 134 Å². The van der Waals surface area contributed by atoms with Gasteiger partial charge in [-0.05, 0) is 17.7 Å². The summed E-state index contributed by atoms with van der Waals surface area (Å²) in [5.41, 5.74) is -0.187. The van der Waals surface area contributed by atoms with Gasteiger partial charge in [0.05, 0.1) is 4.90 Å². The number of hydrogen-bond acceptors (Lipinski definition) is 3. The van der Waals surface area contributed by atoms with Crippen LogP contribution >= 0.6 is 0 Å². The van der Waals surface area contributed by atoms with Crippen LogP contribution in [-0.4, -0.2) is 14.3 Å². The van der Waals surface area contributed by atoms with E-state index in [1.54, 1.807) is 0 Å². The zero-order chi connectivity index (χ0) is 17.7. The van der Waals surface area contributed by atoms with Crippen LogP contribution in [0.3, 0.4) is 0 Å². The molecule has 9 heteroatoms. The summed E-state index contributed by atoms with van der Waals surface area (Å²) in [5.74, 6) is -5.27. The maximum absolute atomic E-state index is 13.7. The third kappa shape index (κ3) is 3.22. The SMILES string of the molecule is NS(=O)(=O)c1ccc(Oc2cc(F)cc(F)c2)c2c1CC(F)(F)C2. The quantitative estimate of drug-likeness (QED) is 0.854. The zero-order valence-corrected chi connectivity index (χ0v) is 12.8. The minimum atomic E-state index is -4.19. The largest absolute Gasteiger partial charge is 0.457 e. The third-order valence-corrected chi connectivity index (χ3v) is 4.58. The van der Waals surface area contributed by atoms with Crippen molar-refractivity contribution in [2.45, 2.75) is 23.7 Å². The number of ether oxygens (including phenoxy) is 1. The predicted molar refractivity (Wildman–Crippen MR) is 76.6 cm³/mol. The Morgan fingerprint density at radius 2 is 1.58 bits per heavy atom. The molecule has 2 N–H and O–H groups in total. The first-order valence-corrected chi connectivity index (χ1v) is 8.29. The minimum Gasteiger partial charge on any atom is -0.457 e. The average molecular weight is 361 g/mol. The molecule has 2 aromatic carbocycles. The van der Waals surface area contributed by atoms with E-state index in [9.17, 15) is 26.0 Å². The van der Waals surface area contributed by atoms with Crippen molar-refractivity contribution >= 4 is 10.0 Å². The second-order valence-electron chi connectivity index (χ2n) is 5.48. The highest BCUT2D eigenvalue weighted by Crippen LogP contribution is 2.43. The lowest BCUT2D eigenvalue weighted by molar-refractivity contribution is 0.0125. The first-order valence-electron chi connectivity index (χ1n) is 6.74. The summed E-state index contributed by atoms with van der Waals surface area (Å²) in [6.07, 6.45) is -1.55. The molecule has 0 heterocycles. The molecule has 4 nitrogen and oxygen atoms in total. The van der Waals surface area contributed by atoms with Crippen LogP contribution in [0.1, 0.15) is 11.1 Å². The lowest BCUT2D eigenvalue weighted by Crippen LogP contribution is -2.17. The molecule has 0 aromatic heterocycles. The summed E-state index contributed by atoms with van der Waals surface area (Å²) in [7, 11) is -4.19. The minimum absolute atomic E-state index is 0.0452. The van der Waals surface area contributed by atoms with E-state index >= 15 is 0 Å². The maximum Gasteiger partial charge on any atom is 0.256 e. The Kier molecular flexibility index (Phi) is 3.80. The number of nitrogens with two attached hydrogens (primary N) is 1. The van der Waals surface area contributed by atoms with Crippen molar-refractivity contribution in [3.8, 4) is 11.5 Å². The molecule has 0 saturated heterocycles. The number of fused-ring (bicyclic) bond motifs is 1. The first-order chi connectivity index (χ1) is 11.0. The lowest BCUT2D eigenvalue weighted by Gasteiger charge is -2.13. The summed E-state index contributed by atoms with van der Waals surface area (Å²) in [4.78, 5) is -0.410. The number of sulfonamides is 1. The number of halogens is 4. The Bertz CT molecular complexity index is 908. The molecule has 0 fully saturated rings. The molecule has 0 radical (unpaired) electrons. The van der Waals surface area contributed by atoms with E-state index in [4.69, 9.17) is 9.88 Å². The van der Waals surface area contributed by atoms with Crippen LogP contribution in [0, 0.1) is 11.6 Å². The van der Waals surface area contributed by atoms with Crippen molar-refractivity contribution in [1.29, 1.82) is 0 Å². The molecule has 3 rings (SSSR count). The van der Waals surface area contributed by atoms with E-state index in [1.807, 2.05) is 0 Å². The van der Waals surface area contributed by atoms with Crippen molar-refractivity contribution in [1.82, 2.24) is 0 Å². The van der Waals surface area contributed by atoms with Gasteiger partial charge in [0.25, 0.3) is 5.92 Å². The predicted octanol–water partition coefficient (Wildman–Crippen LogP) is 3.14. The van der Waals surface area contributed by atoms with Gasteiger partial charge in [0.15, 0.2) is 0 Å². The number of benzene rings is 2. The highest BCUT2D eigenvalue weighted by Gasteiger charge is 2.42. The molecule has 0 bridgehead atoms. The Balaban J connectivity index is 2.09. The van der Waals surface area contributed by atoms with E-state index in [-0.39, 0.29) is 22.6 Å². The van der Waals surface area contributed by atoms with Gasteiger partial charge in [-0.1, -0.05) is 0 Å². The Morgan fingerprint density at radius 1 is 1.00 bits per heavy atom. The van der Waals surface area contributed by atoms with Crippen molar-refractivity contribution < 1.29 is 30.7 Å². The fourth-order valence-electron chi connectivity index (χ4n) is 2.69. The van der Waals surface area contributed by atoms with Gasteiger partial charge in [0.1, 0.15) is 23.1 Å². The van der Waals surface area contributed by atoms with Gasteiger partial charge in [-0.25, -0.2) is 31.1 Å². The van der Waals surface area contributed by atoms with Crippen LogP contribution in [-0.2, 0) is 22.9 Å². The van der Waals surface area contributed by atoms with Crippen LogP contribution in [0.15, 0.2) is 35.2 Å². The van der Waals surface area contributed by atoms with E-state index < -0.39 is 45.3 Å². The summed E-state index contributed by atoms with van der Waals surface area (Å²) in [6.45, 7) is 0. The fourth-order valence-corrected chi connectivity index (χ4v) is 3.49. The molecule has 0 saturated carbocycles. The van der Waals surface area contributed by atoms with Gasteiger partial charge in [0.2, 0.25) is 10.0 Å². The number of primary sulfonamides is 1. The van der Waals surface area contributed by atoms with Gasteiger partial charge < -0.3 is 4.74 Å². The number of rotatable bonds is 3. The highest BCUT2D eigenvalue weighted by atomic mass is 32.2. The van der Waals surface area contributed by atoms with Crippen molar-refractivity contribution in [2.75, 3.05) is 0 Å². The molecule has 128 valence electrons. The fraction of sp³-hybridized carbons (Fsp3) is 0.200. The van der Waals surface area contributed by atoms with Gasteiger partial charge >= 0.3 is 0 Å². The topological polar surface area (TPSA) is 69.4 Å². The van der Waals surface area contributed by atoms with Crippen molar-refractivity contribution in [2.24, 2.45) is 5.14 Å². The van der Waals surface area contributed by atoms with Gasteiger partial charge in [-0.2, -0.15) is 0 Å². The lowest BCUT2D eigenvalue weighted by atomic mass is 10.1. The number of alkyl halides is 2. The first kappa shape index (κ1) is 16.7. The van der Waals surface area contributed by atoms with Crippen LogP contribution < -0.4 is 9.88 Å². The molecule has 0 amide bonds. The van der Waals surface area contributed by atoms with Crippen LogP contribution in [0.25, 0.3) is 0 Å². The molecular formula is C15H11F4NO3S. The van der Waals surface area contributed by atoms with Gasteiger partial charge in [-0.15, -0.1) is 0 Å². The van der Waals surface area contributed by atoms with Gasteiger partial charge in [-0.3, -0.25) is 0 Å². The van der Waals surface area contributed by atoms with Crippen molar-refractivity contribution in [3.05, 3.63) is 53.1 Å². The third-order valence-electron chi connectivity index (χ3n) is 3.59. The van der Waals surface area contributed by atoms with E-state index in [0.29, 0.717) is 6.07 Å². The van der Waals surface area contributed by atoms with E-state index in [0.717, 1.165) is 24.3 Å². The molecule has 0 aliphatic heterocycles. The second kappa shape index (κ2) is 5.45. The van der Waals surface area contributed by atoms with Crippen LogP contribution in [0.4, 0.5) is 17.6 Å². The summed E-state index contributed by atoms with van der Waals surface area (Å²) in [5, 5.41) is 5.05. The Morgan fingerprint density at radius 3 is 2.17 bits per heavy atom. The second-order valence-corrected chi connectivity index (χ2v) is 7.01. The maximum atomic E-state index is 13.7. The van der Waals surface area contributed by atoms with Gasteiger partial charge in [0, 0.05) is 36.6 Å². The van der Waals surface area contributed by atoms with Crippen molar-refractivity contribution in [3.63, 3.8) is 0 Å². The normalized spacial score (nSPS) is 16.0. The molecule has 2 aromatic rings. The average Bonchev–Trinajstić information content (AvgIpc) is 2.71. The summed E-state index contributed by atoms with van der Waals surface area (Å²) >= 11 is 0. The molecule has 0 unspecified atom stereocenters. The van der Waals surface area contributed by atoms with Crippen LogP contribution in [0.5, 0.6) is 11.5 Å². The van der Waals surface area contributed by atoms with E-state index in [2.05, 4.69) is 0 Å². The Hall–Kier alpha value is -2.13. The smallest absolute Gasteiger partial charge is 0.256 e. The summed E-state index contributed by atoms with van der Waals surface area (Å²) in [6, 6.07) is 4.59. The summed E-state index contributed by atoms with van der Waals surface area (Å²) < 4.78 is 82.3.